The van der Waals surface area contributed by atoms with Crippen molar-refractivity contribution in [3.63, 3.8) is 0 Å². The molecular formula is C19H20N6O3S2. The van der Waals surface area contributed by atoms with Gasteiger partial charge in [0.15, 0.2) is 10.8 Å². The Balaban J connectivity index is 1.43. The Morgan fingerprint density at radius 2 is 1.73 bits per heavy atom. The fourth-order valence-corrected chi connectivity index (χ4v) is 5.14. The number of rotatable bonds is 5. The smallest absolute Gasteiger partial charge is 0.275 e. The molecular weight excluding hydrogens is 424 g/mol. The van der Waals surface area contributed by atoms with Crippen LogP contribution in [0, 0.1) is 0 Å². The fourth-order valence-electron chi connectivity index (χ4n) is 2.97. The maximum absolute atomic E-state index is 12.8. The molecule has 1 saturated heterocycles. The molecule has 11 heteroatoms. The number of carbonyl (C=O) groups excluding carboxylic acids is 1. The van der Waals surface area contributed by atoms with Gasteiger partial charge in [-0.3, -0.25) is 4.79 Å². The lowest BCUT2D eigenvalue weighted by Gasteiger charge is -2.31. The Hall–Kier alpha value is -2.73. The normalized spacial score (nSPS) is 15.8. The van der Waals surface area contributed by atoms with E-state index in [4.69, 9.17) is 0 Å². The highest BCUT2D eigenvalue weighted by Crippen LogP contribution is 2.22. The van der Waals surface area contributed by atoms with Gasteiger partial charge >= 0.3 is 0 Å². The van der Waals surface area contributed by atoms with Crippen molar-refractivity contribution in [1.82, 2.24) is 24.2 Å². The first-order valence-electron chi connectivity index (χ1n) is 9.26. The first-order valence-corrected chi connectivity index (χ1v) is 11.6. The lowest BCUT2D eigenvalue weighted by molar-refractivity contribution is 0.102. The van der Waals surface area contributed by atoms with Crippen LogP contribution in [0.25, 0.3) is 10.8 Å². The molecule has 30 heavy (non-hydrogen) atoms. The maximum Gasteiger partial charge on any atom is 0.275 e. The maximum atomic E-state index is 12.8. The molecule has 0 atom stereocenters. The number of sulfonamides is 1. The molecule has 1 aliphatic rings. The summed E-state index contributed by atoms with van der Waals surface area (Å²) in [5.74, 6) is 0.0723. The summed E-state index contributed by atoms with van der Waals surface area (Å²) in [5, 5.41) is 4.92. The van der Waals surface area contributed by atoms with Crippen molar-refractivity contribution in [2.45, 2.75) is 4.90 Å². The standard InChI is InChI=1S/C19H20N6O3S2/c1-24-9-11-25(12-10-24)30(27,28)15-5-3-14(4-6-15)22-18(26)16-13-29-19(23-16)17-20-7-2-8-21-17/h2-8,13H,9-12H2,1H3,(H,22,26). The van der Waals surface area contributed by atoms with E-state index in [1.54, 1.807) is 36.0 Å². The van der Waals surface area contributed by atoms with Gasteiger partial charge in [-0.25, -0.2) is 23.4 Å². The number of amides is 1. The largest absolute Gasteiger partial charge is 0.321 e. The van der Waals surface area contributed by atoms with Crippen LogP contribution in [0.3, 0.4) is 0 Å². The number of aromatic nitrogens is 3. The van der Waals surface area contributed by atoms with Gasteiger partial charge < -0.3 is 10.2 Å². The van der Waals surface area contributed by atoms with Gasteiger partial charge in [-0.05, 0) is 37.4 Å². The first kappa shape index (κ1) is 20.5. The topological polar surface area (TPSA) is 108 Å². The van der Waals surface area contributed by atoms with E-state index in [2.05, 4.69) is 25.2 Å². The quantitative estimate of drug-likeness (QED) is 0.639. The zero-order valence-corrected chi connectivity index (χ0v) is 17.9. The highest BCUT2D eigenvalue weighted by atomic mass is 32.2. The van der Waals surface area contributed by atoms with Gasteiger partial charge in [0.25, 0.3) is 5.91 Å². The minimum absolute atomic E-state index is 0.210. The molecule has 1 fully saturated rings. The third-order valence-electron chi connectivity index (χ3n) is 4.71. The summed E-state index contributed by atoms with van der Waals surface area (Å²) >= 11 is 1.28. The van der Waals surface area contributed by atoms with Crippen molar-refractivity contribution < 1.29 is 13.2 Å². The predicted octanol–water partition coefficient (Wildman–Crippen LogP) is 1.79. The number of likely N-dealkylation sites (N-methyl/N-ethyl adjacent to an activating group) is 1. The van der Waals surface area contributed by atoms with Crippen LogP contribution in [-0.2, 0) is 10.0 Å². The molecule has 0 unspecified atom stereocenters. The predicted molar refractivity (Wildman–Crippen MR) is 114 cm³/mol. The monoisotopic (exact) mass is 444 g/mol. The number of thiazole rings is 1. The van der Waals surface area contributed by atoms with E-state index in [1.807, 2.05) is 7.05 Å². The van der Waals surface area contributed by atoms with Crippen molar-refractivity contribution in [3.8, 4) is 10.8 Å². The molecule has 2 aromatic heterocycles. The minimum atomic E-state index is -3.54. The molecule has 1 amide bonds. The number of anilines is 1. The van der Waals surface area contributed by atoms with E-state index >= 15 is 0 Å². The van der Waals surface area contributed by atoms with Gasteiger partial charge in [0.2, 0.25) is 10.0 Å². The Kier molecular flexibility index (Phi) is 5.86. The van der Waals surface area contributed by atoms with Crippen LogP contribution >= 0.6 is 11.3 Å². The molecule has 3 aromatic rings. The van der Waals surface area contributed by atoms with E-state index in [0.717, 1.165) is 0 Å². The average Bonchev–Trinajstić information content (AvgIpc) is 3.26. The highest BCUT2D eigenvalue weighted by Gasteiger charge is 2.27. The molecule has 3 heterocycles. The summed E-state index contributed by atoms with van der Waals surface area (Å²) in [4.78, 5) is 27.3. The van der Waals surface area contributed by atoms with E-state index in [0.29, 0.717) is 42.7 Å². The Bertz CT molecular complexity index is 1120. The van der Waals surface area contributed by atoms with Gasteiger partial charge in [0, 0.05) is 49.6 Å². The molecule has 0 spiro atoms. The van der Waals surface area contributed by atoms with Gasteiger partial charge in [0.05, 0.1) is 4.90 Å². The average molecular weight is 445 g/mol. The molecule has 0 saturated carbocycles. The number of nitrogens with zero attached hydrogens (tertiary/aromatic N) is 5. The number of carbonyl (C=O) groups is 1. The molecule has 1 N–H and O–H groups in total. The summed E-state index contributed by atoms with van der Waals surface area (Å²) in [6.45, 7) is 2.34. The Morgan fingerprint density at radius 1 is 1.07 bits per heavy atom. The molecule has 1 aliphatic heterocycles. The fraction of sp³-hybridized carbons (Fsp3) is 0.263. The third-order valence-corrected chi connectivity index (χ3v) is 7.46. The van der Waals surface area contributed by atoms with E-state index < -0.39 is 10.0 Å². The Labute approximate surface area is 178 Å². The number of nitrogens with one attached hydrogen (secondary N) is 1. The molecule has 0 aliphatic carbocycles. The van der Waals surface area contributed by atoms with Crippen molar-refractivity contribution in [2.75, 3.05) is 38.5 Å². The van der Waals surface area contributed by atoms with E-state index in [9.17, 15) is 13.2 Å². The second-order valence-electron chi connectivity index (χ2n) is 6.80. The first-order chi connectivity index (χ1) is 14.4. The second-order valence-corrected chi connectivity index (χ2v) is 9.59. The van der Waals surface area contributed by atoms with Crippen LogP contribution in [0.1, 0.15) is 10.5 Å². The van der Waals surface area contributed by atoms with Gasteiger partial charge in [-0.15, -0.1) is 11.3 Å². The zero-order valence-electron chi connectivity index (χ0n) is 16.2. The van der Waals surface area contributed by atoms with Crippen LogP contribution in [0.5, 0.6) is 0 Å². The van der Waals surface area contributed by atoms with Crippen molar-refractivity contribution in [1.29, 1.82) is 0 Å². The third kappa shape index (κ3) is 4.38. The van der Waals surface area contributed by atoms with Crippen LogP contribution in [0.4, 0.5) is 5.69 Å². The summed E-state index contributed by atoms with van der Waals surface area (Å²) in [6, 6.07) is 7.88. The van der Waals surface area contributed by atoms with Crippen molar-refractivity contribution >= 4 is 33.0 Å². The molecule has 1 aromatic carbocycles. The summed E-state index contributed by atoms with van der Waals surface area (Å²) < 4.78 is 27.1. The summed E-state index contributed by atoms with van der Waals surface area (Å²) in [7, 11) is -1.57. The van der Waals surface area contributed by atoms with Crippen LogP contribution in [-0.4, -0.2) is 71.7 Å². The van der Waals surface area contributed by atoms with Gasteiger partial charge in [-0.1, -0.05) is 0 Å². The number of hydrogen-bond donors (Lipinski definition) is 1. The molecule has 0 radical (unpaired) electrons. The zero-order chi connectivity index (χ0) is 21.1. The number of benzene rings is 1. The van der Waals surface area contributed by atoms with Gasteiger partial charge in [-0.2, -0.15) is 4.31 Å². The minimum Gasteiger partial charge on any atom is -0.321 e. The molecule has 156 valence electrons. The van der Waals surface area contributed by atoms with E-state index in [-0.39, 0.29) is 16.5 Å². The van der Waals surface area contributed by atoms with Crippen molar-refractivity contribution in [3.05, 3.63) is 53.8 Å². The van der Waals surface area contributed by atoms with Crippen LogP contribution in [0.2, 0.25) is 0 Å². The second kappa shape index (κ2) is 8.56. The van der Waals surface area contributed by atoms with Gasteiger partial charge in [0.1, 0.15) is 5.69 Å². The molecule has 0 bridgehead atoms. The van der Waals surface area contributed by atoms with Crippen LogP contribution in [0.15, 0.2) is 53.0 Å². The SMILES string of the molecule is CN1CCN(S(=O)(=O)c2ccc(NC(=O)c3csc(-c4ncccn4)n3)cc2)CC1. The van der Waals surface area contributed by atoms with Crippen LogP contribution < -0.4 is 5.32 Å². The lowest BCUT2D eigenvalue weighted by Crippen LogP contribution is -2.46. The number of hydrogen-bond acceptors (Lipinski definition) is 8. The molecule has 9 nitrogen and oxygen atoms in total. The molecule has 4 rings (SSSR count). The summed E-state index contributed by atoms with van der Waals surface area (Å²) in [5.41, 5.74) is 0.736. The highest BCUT2D eigenvalue weighted by molar-refractivity contribution is 7.89. The number of piperazine rings is 1. The lowest BCUT2D eigenvalue weighted by atomic mass is 10.3. The van der Waals surface area contributed by atoms with E-state index in [1.165, 1.54) is 27.8 Å². The summed E-state index contributed by atoms with van der Waals surface area (Å²) in [6.07, 6.45) is 3.22. The Morgan fingerprint density at radius 3 is 2.40 bits per heavy atom. The van der Waals surface area contributed by atoms with Crippen molar-refractivity contribution in [2.24, 2.45) is 0 Å².